The Hall–Kier alpha value is -2.59. The fourth-order valence-electron chi connectivity index (χ4n) is 3.67. The Morgan fingerprint density at radius 3 is 2.54 bits per heavy atom. The highest BCUT2D eigenvalue weighted by atomic mass is 32.2. The van der Waals surface area contributed by atoms with E-state index in [9.17, 15) is 19.5 Å². The molecule has 0 aromatic heterocycles. The summed E-state index contributed by atoms with van der Waals surface area (Å²) >= 11 is 6.20. The number of thiocarbonyl (C=S) groups is 1. The number of ether oxygens (including phenoxy) is 2. The van der Waals surface area contributed by atoms with Gasteiger partial charge in [-0.3, -0.25) is 14.5 Å². The van der Waals surface area contributed by atoms with E-state index in [2.05, 4.69) is 6.92 Å². The first-order chi connectivity index (χ1) is 16.7. The van der Waals surface area contributed by atoms with Crippen LogP contribution in [0.15, 0.2) is 23.1 Å². The molecule has 192 valence electrons. The summed E-state index contributed by atoms with van der Waals surface area (Å²) in [6.45, 7) is 6.56. The molecular weight excluding hydrogens is 488 g/mol. The quantitative estimate of drug-likeness (QED) is 0.193. The second-order valence-electron chi connectivity index (χ2n) is 8.35. The van der Waals surface area contributed by atoms with E-state index in [1.807, 2.05) is 13.8 Å². The third kappa shape index (κ3) is 8.54. The van der Waals surface area contributed by atoms with Gasteiger partial charge in [0.25, 0.3) is 5.91 Å². The molecule has 2 amide bonds. The lowest BCUT2D eigenvalue weighted by Crippen LogP contribution is -2.46. The van der Waals surface area contributed by atoms with Crippen LogP contribution >= 0.6 is 24.0 Å². The van der Waals surface area contributed by atoms with Crippen LogP contribution < -0.4 is 15.2 Å². The van der Waals surface area contributed by atoms with Crippen LogP contribution in [-0.2, 0) is 14.4 Å². The summed E-state index contributed by atoms with van der Waals surface area (Å²) in [6, 6.07) is 3.94. The number of rotatable bonds is 15. The number of nitrogens with zero attached hydrogens (tertiary/aromatic N) is 1. The first kappa shape index (κ1) is 28.6. The van der Waals surface area contributed by atoms with Crippen molar-refractivity contribution in [3.63, 3.8) is 0 Å². The minimum Gasteiger partial charge on any atom is -0.490 e. The number of aliphatic carboxylic acids is 1. The van der Waals surface area contributed by atoms with Gasteiger partial charge in [-0.2, -0.15) is 0 Å². The molecule has 1 saturated heterocycles. The zero-order valence-electron chi connectivity index (χ0n) is 20.5. The first-order valence-electron chi connectivity index (χ1n) is 11.9. The lowest BCUT2D eigenvalue weighted by molar-refractivity contribution is -0.146. The molecule has 2 rings (SSSR count). The minimum absolute atomic E-state index is 0.0381. The highest BCUT2D eigenvalue weighted by Gasteiger charge is 2.41. The highest BCUT2D eigenvalue weighted by molar-refractivity contribution is 8.26. The number of hydrogen-bond donors (Lipinski definition) is 2. The van der Waals surface area contributed by atoms with Crippen molar-refractivity contribution in [2.75, 3.05) is 6.61 Å². The maximum atomic E-state index is 12.9. The maximum absolute atomic E-state index is 12.9. The van der Waals surface area contributed by atoms with Gasteiger partial charge in [0.1, 0.15) is 10.4 Å². The van der Waals surface area contributed by atoms with Crippen molar-refractivity contribution in [3.8, 4) is 11.5 Å². The molecule has 1 aliphatic heterocycles. The van der Waals surface area contributed by atoms with Crippen LogP contribution in [0.1, 0.15) is 71.3 Å². The fraction of sp³-hybridized carbons (Fsp3) is 0.520. The number of benzene rings is 1. The lowest BCUT2D eigenvalue weighted by Gasteiger charge is -2.21. The molecule has 1 aromatic rings. The fourth-order valence-corrected chi connectivity index (χ4v) is 5.03. The van der Waals surface area contributed by atoms with E-state index in [4.69, 9.17) is 27.4 Å². The highest BCUT2D eigenvalue weighted by Crippen LogP contribution is 2.36. The van der Waals surface area contributed by atoms with Crippen molar-refractivity contribution in [2.45, 2.75) is 77.9 Å². The first-order valence-corrected chi connectivity index (χ1v) is 13.1. The summed E-state index contributed by atoms with van der Waals surface area (Å²) in [5.74, 6) is -1.57. The number of carboxylic acids is 1. The summed E-state index contributed by atoms with van der Waals surface area (Å²) in [7, 11) is 0. The number of amides is 2. The van der Waals surface area contributed by atoms with Gasteiger partial charge in [-0.05, 0) is 50.5 Å². The van der Waals surface area contributed by atoms with Gasteiger partial charge in [-0.1, -0.05) is 62.7 Å². The van der Waals surface area contributed by atoms with Crippen LogP contribution in [0.2, 0.25) is 0 Å². The molecule has 1 aliphatic rings. The van der Waals surface area contributed by atoms with Crippen molar-refractivity contribution in [1.29, 1.82) is 0 Å². The van der Waals surface area contributed by atoms with Gasteiger partial charge >= 0.3 is 5.97 Å². The number of thioether (sulfide) groups is 1. The van der Waals surface area contributed by atoms with Crippen LogP contribution in [0.4, 0.5) is 0 Å². The van der Waals surface area contributed by atoms with E-state index in [1.54, 1.807) is 24.3 Å². The zero-order valence-corrected chi connectivity index (χ0v) is 22.1. The number of unbranched alkanes of at least 4 members (excludes halogenated alkanes) is 4. The second-order valence-corrected chi connectivity index (χ2v) is 10.0. The molecule has 0 radical (unpaired) electrons. The number of primary amides is 1. The van der Waals surface area contributed by atoms with Crippen LogP contribution in [0.3, 0.4) is 0 Å². The number of hydrogen-bond acceptors (Lipinski definition) is 7. The van der Waals surface area contributed by atoms with Crippen molar-refractivity contribution in [3.05, 3.63) is 28.7 Å². The van der Waals surface area contributed by atoms with E-state index in [0.717, 1.165) is 29.5 Å². The van der Waals surface area contributed by atoms with E-state index < -0.39 is 30.2 Å². The Morgan fingerprint density at radius 2 is 1.91 bits per heavy atom. The summed E-state index contributed by atoms with van der Waals surface area (Å²) in [5, 5.41) is 9.46. The molecule has 35 heavy (non-hydrogen) atoms. The van der Waals surface area contributed by atoms with E-state index >= 15 is 0 Å². The Kier molecular flexibility index (Phi) is 11.5. The average Bonchev–Trinajstić information content (AvgIpc) is 3.06. The molecule has 3 N–H and O–H groups in total. The molecule has 2 atom stereocenters. The van der Waals surface area contributed by atoms with E-state index in [0.29, 0.717) is 23.7 Å². The molecule has 8 nitrogen and oxygen atoms in total. The molecule has 0 bridgehead atoms. The van der Waals surface area contributed by atoms with Gasteiger partial charge in [-0.25, -0.2) is 4.79 Å². The van der Waals surface area contributed by atoms with Crippen LogP contribution in [0.5, 0.6) is 11.5 Å². The van der Waals surface area contributed by atoms with Gasteiger partial charge in [0.2, 0.25) is 5.91 Å². The van der Waals surface area contributed by atoms with Crippen molar-refractivity contribution >= 4 is 52.2 Å². The molecule has 0 saturated carbocycles. The summed E-state index contributed by atoms with van der Waals surface area (Å²) in [4.78, 5) is 37.0. The number of carbonyl (C=O) groups excluding carboxylic acids is 2. The van der Waals surface area contributed by atoms with Gasteiger partial charge < -0.3 is 20.3 Å². The van der Waals surface area contributed by atoms with Crippen molar-refractivity contribution in [2.24, 2.45) is 5.73 Å². The normalized spacial score (nSPS) is 16.4. The van der Waals surface area contributed by atoms with Gasteiger partial charge in [0.05, 0.1) is 24.0 Å². The third-order valence-electron chi connectivity index (χ3n) is 5.42. The third-order valence-corrected chi connectivity index (χ3v) is 6.75. The van der Waals surface area contributed by atoms with E-state index in [1.165, 1.54) is 25.7 Å². The van der Waals surface area contributed by atoms with Gasteiger partial charge in [0.15, 0.2) is 11.5 Å². The van der Waals surface area contributed by atoms with Crippen molar-refractivity contribution in [1.82, 2.24) is 4.90 Å². The van der Waals surface area contributed by atoms with Gasteiger partial charge in [0, 0.05) is 0 Å². The predicted octanol–water partition coefficient (Wildman–Crippen LogP) is 4.74. The average molecular weight is 523 g/mol. The largest absolute Gasteiger partial charge is 0.490 e. The zero-order chi connectivity index (χ0) is 26.0. The lowest BCUT2D eigenvalue weighted by atomic mass is 10.1. The standard InChI is InChI=1S/C25H34N2O6S2/c1-4-6-7-8-9-10-16(3)33-19-12-11-17(13-20(19)32-5-2)14-21-23(29)27(25(34)35-21)18(24(30)31)15-22(26)28/h11-14,16,18H,4-10,15H2,1-3H3,(H2,26,28)(H,30,31). The maximum Gasteiger partial charge on any atom is 0.327 e. The molecule has 1 fully saturated rings. The minimum atomic E-state index is -1.44. The SMILES string of the molecule is CCCCCCCC(C)Oc1ccc(C=C2SC(=S)N(C(CC(N)=O)C(=O)O)C2=O)cc1OCC. The summed E-state index contributed by atoms with van der Waals surface area (Å²) in [6.07, 6.45) is 8.10. The Bertz CT molecular complexity index is 965. The van der Waals surface area contributed by atoms with Gasteiger partial charge in [-0.15, -0.1) is 0 Å². The molecule has 1 aromatic carbocycles. The smallest absolute Gasteiger partial charge is 0.327 e. The Morgan fingerprint density at radius 1 is 1.20 bits per heavy atom. The number of carbonyl (C=O) groups is 3. The van der Waals surface area contributed by atoms with Crippen LogP contribution in [0.25, 0.3) is 6.08 Å². The predicted molar refractivity (Wildman–Crippen MR) is 141 cm³/mol. The van der Waals surface area contributed by atoms with Crippen LogP contribution in [0, 0.1) is 0 Å². The van der Waals surface area contributed by atoms with E-state index in [-0.39, 0.29) is 15.3 Å². The number of nitrogens with two attached hydrogens (primary N) is 1. The molecule has 0 spiro atoms. The number of carboxylic acid groups (broad SMARTS) is 1. The molecular formula is C25H34N2O6S2. The second kappa shape index (κ2) is 14.1. The molecule has 10 heteroatoms. The summed E-state index contributed by atoms with van der Waals surface area (Å²) in [5.41, 5.74) is 5.83. The summed E-state index contributed by atoms with van der Waals surface area (Å²) < 4.78 is 12.0. The monoisotopic (exact) mass is 522 g/mol. The Labute approximate surface area is 216 Å². The van der Waals surface area contributed by atoms with Crippen LogP contribution in [-0.4, -0.2) is 50.9 Å². The molecule has 0 aliphatic carbocycles. The topological polar surface area (TPSA) is 119 Å². The molecule has 1 heterocycles. The van der Waals surface area contributed by atoms with Crippen molar-refractivity contribution < 1.29 is 29.0 Å². The molecule has 2 unspecified atom stereocenters. The Balaban J connectivity index is 2.16.